The van der Waals surface area contributed by atoms with Gasteiger partial charge in [0.15, 0.2) is 5.84 Å². The molecule has 0 aliphatic carbocycles. The van der Waals surface area contributed by atoms with E-state index in [1.165, 1.54) is 16.8 Å². The number of carbonyl (C=O) groups is 1. The van der Waals surface area contributed by atoms with E-state index >= 15 is 0 Å². The normalized spacial score (nSPS) is 16.6. The number of ether oxygens (including phenoxy) is 1. The van der Waals surface area contributed by atoms with Crippen LogP contribution in [0, 0.1) is 5.41 Å². The van der Waals surface area contributed by atoms with Gasteiger partial charge in [-0.1, -0.05) is 72.8 Å². The van der Waals surface area contributed by atoms with Gasteiger partial charge >= 0.3 is 0 Å². The van der Waals surface area contributed by atoms with Gasteiger partial charge in [-0.05, 0) is 41.1 Å². The topological polar surface area (TPSA) is 78.1 Å². The van der Waals surface area contributed by atoms with Crippen molar-refractivity contribution in [3.63, 3.8) is 0 Å². The quantitative estimate of drug-likeness (QED) is 0.573. The van der Waals surface area contributed by atoms with Crippen molar-refractivity contribution in [2.75, 3.05) is 0 Å². The number of hydrazone groups is 1. The van der Waals surface area contributed by atoms with Gasteiger partial charge in [-0.25, -0.2) is 0 Å². The molecule has 0 saturated carbocycles. The first-order valence-corrected chi connectivity index (χ1v) is 10.8. The summed E-state index contributed by atoms with van der Waals surface area (Å²) in [5.74, 6) is 0.305. The number of benzene rings is 3. The van der Waals surface area contributed by atoms with Crippen LogP contribution in [0.5, 0.6) is 5.75 Å². The second-order valence-electron chi connectivity index (χ2n) is 7.13. The molecule has 156 valence electrons. The zero-order chi connectivity index (χ0) is 21.9. The van der Waals surface area contributed by atoms with E-state index in [9.17, 15) is 4.79 Å². The SMILES string of the molecule is N=C1C(=Cc2ccc(OCc3ccccc3)cc2)C(=O)N=C2SC(c3ccccc3)=NN12. The van der Waals surface area contributed by atoms with Crippen molar-refractivity contribution in [3.05, 3.63) is 107 Å². The fraction of sp³-hybridized carbons (Fsp3) is 0.0400. The van der Waals surface area contributed by atoms with Gasteiger partial charge in [0.25, 0.3) is 5.91 Å². The van der Waals surface area contributed by atoms with Crippen LogP contribution < -0.4 is 4.74 Å². The second kappa shape index (κ2) is 8.64. The molecule has 0 atom stereocenters. The van der Waals surface area contributed by atoms with Crippen LogP contribution in [0.3, 0.4) is 0 Å². The minimum absolute atomic E-state index is 0.0165. The Labute approximate surface area is 189 Å². The van der Waals surface area contributed by atoms with Crippen LogP contribution in [0.25, 0.3) is 6.08 Å². The Morgan fingerprint density at radius 2 is 1.62 bits per heavy atom. The molecular formula is C25H18N4O2S. The van der Waals surface area contributed by atoms with E-state index in [0.29, 0.717) is 16.8 Å². The van der Waals surface area contributed by atoms with Gasteiger partial charge in [0.1, 0.15) is 17.4 Å². The molecule has 7 heteroatoms. The van der Waals surface area contributed by atoms with Gasteiger partial charge in [-0.2, -0.15) is 15.1 Å². The molecule has 32 heavy (non-hydrogen) atoms. The molecular weight excluding hydrogens is 420 g/mol. The van der Waals surface area contributed by atoms with Crippen molar-refractivity contribution < 1.29 is 9.53 Å². The zero-order valence-corrected chi connectivity index (χ0v) is 17.8. The van der Waals surface area contributed by atoms with Gasteiger partial charge in [-0.15, -0.1) is 0 Å². The van der Waals surface area contributed by atoms with Crippen LogP contribution in [0.4, 0.5) is 0 Å². The molecule has 6 nitrogen and oxygen atoms in total. The third-order valence-electron chi connectivity index (χ3n) is 4.91. The number of fused-ring (bicyclic) bond motifs is 1. The summed E-state index contributed by atoms with van der Waals surface area (Å²) in [4.78, 5) is 16.8. The van der Waals surface area contributed by atoms with Crippen LogP contribution in [0.1, 0.15) is 16.7 Å². The monoisotopic (exact) mass is 438 g/mol. The van der Waals surface area contributed by atoms with Crippen molar-refractivity contribution in [2.45, 2.75) is 6.61 Å². The number of amides is 1. The van der Waals surface area contributed by atoms with Crippen molar-refractivity contribution in [3.8, 4) is 5.75 Å². The van der Waals surface area contributed by atoms with Gasteiger partial charge in [-0.3, -0.25) is 10.2 Å². The number of nitrogens with zero attached hydrogens (tertiary/aromatic N) is 3. The highest BCUT2D eigenvalue weighted by Gasteiger charge is 2.35. The number of aliphatic imine (C=N–C) groups is 1. The molecule has 3 aromatic carbocycles. The Balaban J connectivity index is 1.33. The van der Waals surface area contributed by atoms with E-state index in [-0.39, 0.29) is 11.4 Å². The fourth-order valence-corrected chi connectivity index (χ4v) is 4.15. The van der Waals surface area contributed by atoms with E-state index in [1.807, 2.05) is 84.9 Å². The lowest BCUT2D eigenvalue weighted by atomic mass is 10.1. The summed E-state index contributed by atoms with van der Waals surface area (Å²) in [7, 11) is 0. The molecule has 2 aliphatic rings. The molecule has 5 rings (SSSR count). The van der Waals surface area contributed by atoms with Crippen LogP contribution in [-0.2, 0) is 11.4 Å². The maximum absolute atomic E-state index is 12.6. The van der Waals surface area contributed by atoms with Crippen molar-refractivity contribution >= 4 is 39.8 Å². The molecule has 0 spiro atoms. The number of rotatable bonds is 5. The Morgan fingerprint density at radius 3 is 2.34 bits per heavy atom. The van der Waals surface area contributed by atoms with Gasteiger partial charge in [0, 0.05) is 5.56 Å². The minimum atomic E-state index is -0.442. The summed E-state index contributed by atoms with van der Waals surface area (Å²) < 4.78 is 5.81. The predicted molar refractivity (Wildman–Crippen MR) is 128 cm³/mol. The second-order valence-corrected chi connectivity index (χ2v) is 8.09. The van der Waals surface area contributed by atoms with E-state index in [1.54, 1.807) is 6.08 Å². The third-order valence-corrected chi connectivity index (χ3v) is 5.87. The summed E-state index contributed by atoms with van der Waals surface area (Å²) in [6.45, 7) is 0.482. The largest absolute Gasteiger partial charge is 0.489 e. The predicted octanol–water partition coefficient (Wildman–Crippen LogP) is 4.93. The van der Waals surface area contributed by atoms with Crippen LogP contribution >= 0.6 is 11.8 Å². The standard InChI is InChI=1S/C25H18N4O2S/c26-22-21(15-17-11-13-20(14-12-17)31-16-18-7-3-1-4-8-18)23(30)27-25-29(22)28-24(32-25)19-9-5-2-6-10-19/h1-15,26H,16H2. The summed E-state index contributed by atoms with van der Waals surface area (Å²) in [6.07, 6.45) is 1.66. The highest BCUT2D eigenvalue weighted by Crippen LogP contribution is 2.31. The molecule has 0 fully saturated rings. The summed E-state index contributed by atoms with van der Waals surface area (Å²) in [6, 6.07) is 27.0. The molecule has 0 saturated heterocycles. The summed E-state index contributed by atoms with van der Waals surface area (Å²) in [5, 5.41) is 15.5. The average molecular weight is 439 g/mol. The lowest BCUT2D eigenvalue weighted by Gasteiger charge is -2.20. The van der Waals surface area contributed by atoms with E-state index in [0.717, 1.165) is 22.4 Å². The molecule has 2 heterocycles. The fourth-order valence-electron chi connectivity index (χ4n) is 3.26. The summed E-state index contributed by atoms with van der Waals surface area (Å²) in [5.41, 5.74) is 2.99. The first-order valence-electron chi connectivity index (χ1n) is 10.00. The lowest BCUT2D eigenvalue weighted by Crippen LogP contribution is -2.35. The number of amidine groups is 2. The maximum Gasteiger partial charge on any atom is 0.283 e. The number of hydrogen-bond donors (Lipinski definition) is 1. The molecule has 3 aromatic rings. The Bertz CT molecular complexity index is 1270. The summed E-state index contributed by atoms with van der Waals surface area (Å²) >= 11 is 1.29. The first kappa shape index (κ1) is 20.0. The number of hydrogen-bond acceptors (Lipinski definition) is 5. The molecule has 0 bridgehead atoms. The first-order chi connectivity index (χ1) is 15.7. The average Bonchev–Trinajstić information content (AvgIpc) is 3.27. The highest BCUT2D eigenvalue weighted by molar-refractivity contribution is 8.27. The molecule has 0 radical (unpaired) electrons. The molecule has 2 aliphatic heterocycles. The lowest BCUT2D eigenvalue weighted by molar-refractivity contribution is -0.114. The van der Waals surface area contributed by atoms with Gasteiger partial charge < -0.3 is 4.74 Å². The smallest absolute Gasteiger partial charge is 0.283 e. The van der Waals surface area contributed by atoms with E-state index in [4.69, 9.17) is 10.1 Å². The molecule has 0 aromatic heterocycles. The third kappa shape index (κ3) is 4.10. The van der Waals surface area contributed by atoms with Crippen LogP contribution in [-0.4, -0.2) is 27.0 Å². The Kier molecular flexibility index (Phi) is 5.39. The van der Waals surface area contributed by atoms with E-state index in [2.05, 4.69) is 10.1 Å². The Hall–Kier alpha value is -3.97. The number of nitrogens with one attached hydrogen (secondary N) is 1. The maximum atomic E-state index is 12.6. The minimum Gasteiger partial charge on any atom is -0.489 e. The van der Waals surface area contributed by atoms with Crippen molar-refractivity contribution in [1.82, 2.24) is 5.01 Å². The van der Waals surface area contributed by atoms with Crippen LogP contribution in [0.15, 0.2) is 101 Å². The highest BCUT2D eigenvalue weighted by atomic mass is 32.2. The Morgan fingerprint density at radius 1 is 0.938 bits per heavy atom. The van der Waals surface area contributed by atoms with Gasteiger partial charge in [0.2, 0.25) is 5.17 Å². The number of carbonyl (C=O) groups excluding carboxylic acids is 1. The molecule has 0 unspecified atom stereocenters. The zero-order valence-electron chi connectivity index (χ0n) is 16.9. The molecule has 1 amide bonds. The van der Waals surface area contributed by atoms with E-state index < -0.39 is 5.91 Å². The van der Waals surface area contributed by atoms with Crippen molar-refractivity contribution in [2.24, 2.45) is 10.1 Å². The van der Waals surface area contributed by atoms with Gasteiger partial charge in [0.05, 0.1) is 5.57 Å². The van der Waals surface area contributed by atoms with Crippen LogP contribution in [0.2, 0.25) is 0 Å². The molecule has 1 N–H and O–H groups in total. The van der Waals surface area contributed by atoms with Crippen molar-refractivity contribution in [1.29, 1.82) is 5.41 Å². The number of thioether (sulfide) groups is 1.